The number of carboxylic acid groups (broad SMARTS) is 4. The van der Waals surface area contributed by atoms with Gasteiger partial charge in [-0.3, -0.25) is 0 Å². The minimum Gasteiger partial charge on any atom is -0.565 e. The molecule has 7 nitrogen and oxygen atoms in total. The maximum absolute atomic E-state index is 9.55. The topological polar surface area (TPSA) is 135 Å². The zero-order valence-electron chi connectivity index (χ0n) is 6.63. The Hall–Kier alpha value is -0.414. The molecule has 0 amide bonds. The molecule has 0 aromatic heterocycles. The number of rotatable bonds is 2. The van der Waals surface area contributed by atoms with Gasteiger partial charge in [0.1, 0.15) is 0 Å². The fourth-order valence-electron chi connectivity index (χ4n) is 0.143. The predicted octanol–water partition coefficient (Wildman–Crippen LogP) is -4.40. The molecule has 8 heteroatoms. The van der Waals surface area contributed by atoms with Crippen molar-refractivity contribution >= 4 is 18.1 Å². The Morgan fingerprint density at radius 1 is 0.923 bits per heavy atom. The summed E-state index contributed by atoms with van der Waals surface area (Å²) >= 11 is 0. The van der Waals surface area contributed by atoms with Crippen LogP contribution in [-0.2, 0) is 9.59 Å². The van der Waals surface area contributed by atoms with E-state index in [0.717, 1.165) is 0 Å². The SMILES string of the molecule is O=C(O)/C=C\C(=O)O.O=C([O-])O.[K+]. The summed E-state index contributed by atoms with van der Waals surface area (Å²) in [7, 11) is 0. The third-order valence-electron chi connectivity index (χ3n) is 0.368. The molecular formula is C5H5KO7. The van der Waals surface area contributed by atoms with Crippen LogP contribution in [0.1, 0.15) is 0 Å². The van der Waals surface area contributed by atoms with E-state index in [9.17, 15) is 9.59 Å². The van der Waals surface area contributed by atoms with Crippen LogP contribution in [0.5, 0.6) is 0 Å². The van der Waals surface area contributed by atoms with Crippen LogP contribution in [0.4, 0.5) is 4.79 Å². The van der Waals surface area contributed by atoms with Crippen molar-refractivity contribution in [1.29, 1.82) is 0 Å². The van der Waals surface area contributed by atoms with Gasteiger partial charge in [0.05, 0.1) is 0 Å². The standard InChI is InChI=1S/C4H4O4.CH2O3.K/c5-3(6)1-2-4(7)8;2-1(3)4;/h1-2H,(H,5,6)(H,7,8);(H2,2,3,4);/q;;+1/p-1/b2-1-;;. The van der Waals surface area contributed by atoms with E-state index in [1.165, 1.54) is 0 Å². The largest absolute Gasteiger partial charge is 1.00 e. The van der Waals surface area contributed by atoms with Gasteiger partial charge in [-0.05, 0) is 0 Å². The molecule has 0 heterocycles. The molecule has 0 saturated carbocycles. The van der Waals surface area contributed by atoms with Gasteiger partial charge in [-0.2, -0.15) is 0 Å². The van der Waals surface area contributed by atoms with Crippen molar-refractivity contribution in [3.05, 3.63) is 12.2 Å². The number of aliphatic carboxylic acids is 2. The minimum atomic E-state index is -2.08. The van der Waals surface area contributed by atoms with Crippen LogP contribution in [0.15, 0.2) is 12.2 Å². The fourth-order valence-corrected chi connectivity index (χ4v) is 0.143. The molecule has 0 bridgehead atoms. The second kappa shape index (κ2) is 11.6. The van der Waals surface area contributed by atoms with Gasteiger partial charge in [-0.15, -0.1) is 0 Å². The van der Waals surface area contributed by atoms with Crippen LogP contribution in [0.3, 0.4) is 0 Å². The second-order valence-electron chi connectivity index (χ2n) is 1.28. The maximum atomic E-state index is 9.55. The van der Waals surface area contributed by atoms with E-state index in [1.807, 2.05) is 0 Å². The summed E-state index contributed by atoms with van der Waals surface area (Å²) in [5.41, 5.74) is 0. The summed E-state index contributed by atoms with van der Waals surface area (Å²) in [6.07, 6.45) is -0.968. The van der Waals surface area contributed by atoms with Crippen molar-refractivity contribution < 1.29 is 86.2 Å². The Kier molecular flexibility index (Phi) is 16.4. The quantitative estimate of drug-likeness (QED) is 0.313. The van der Waals surface area contributed by atoms with Gasteiger partial charge >= 0.3 is 63.3 Å². The molecule has 13 heavy (non-hydrogen) atoms. The smallest absolute Gasteiger partial charge is 0.565 e. The van der Waals surface area contributed by atoms with E-state index in [1.54, 1.807) is 0 Å². The van der Waals surface area contributed by atoms with Crippen molar-refractivity contribution in [3.8, 4) is 0 Å². The molecule has 0 aliphatic rings. The normalized spacial score (nSPS) is 7.69. The summed E-state index contributed by atoms with van der Waals surface area (Å²) in [6, 6.07) is 0. The average molecular weight is 216 g/mol. The molecule has 0 unspecified atom stereocenters. The minimum absolute atomic E-state index is 0. The molecule has 0 radical (unpaired) electrons. The molecule has 0 aliphatic carbocycles. The number of carbonyl (C=O) groups is 3. The average Bonchev–Trinajstić information content (AvgIpc) is 1.82. The van der Waals surface area contributed by atoms with E-state index in [2.05, 4.69) is 0 Å². The summed E-state index contributed by atoms with van der Waals surface area (Å²) in [5.74, 6) is -2.51. The van der Waals surface area contributed by atoms with Crippen molar-refractivity contribution in [1.82, 2.24) is 0 Å². The molecule has 68 valence electrons. The van der Waals surface area contributed by atoms with E-state index in [-0.39, 0.29) is 51.4 Å². The van der Waals surface area contributed by atoms with Gasteiger partial charge in [0.25, 0.3) is 0 Å². The van der Waals surface area contributed by atoms with E-state index in [0.29, 0.717) is 12.2 Å². The summed E-state index contributed by atoms with van der Waals surface area (Å²) in [4.78, 5) is 27.6. The first kappa shape index (κ1) is 18.4. The first-order chi connectivity index (χ1) is 5.36. The Labute approximate surface area is 115 Å². The summed E-state index contributed by atoms with van der Waals surface area (Å²) in [5, 5.41) is 30.9. The molecule has 0 spiro atoms. The number of hydrogen-bond acceptors (Lipinski definition) is 4. The van der Waals surface area contributed by atoms with Crippen molar-refractivity contribution in [2.24, 2.45) is 0 Å². The third-order valence-corrected chi connectivity index (χ3v) is 0.368. The summed E-state index contributed by atoms with van der Waals surface area (Å²) in [6.45, 7) is 0. The second-order valence-corrected chi connectivity index (χ2v) is 1.28. The molecular weight excluding hydrogens is 211 g/mol. The molecule has 0 saturated heterocycles. The predicted molar refractivity (Wildman–Crippen MR) is 32.4 cm³/mol. The first-order valence-electron chi connectivity index (χ1n) is 2.40. The number of carboxylic acids is 2. The van der Waals surface area contributed by atoms with Crippen molar-refractivity contribution in [2.45, 2.75) is 0 Å². The zero-order chi connectivity index (χ0) is 10.1. The molecule has 0 fully saturated rings. The Morgan fingerprint density at radius 3 is 1.15 bits per heavy atom. The molecule has 0 aromatic carbocycles. The fraction of sp³-hybridized carbons (Fsp3) is 0. The molecule has 0 aromatic rings. The van der Waals surface area contributed by atoms with Crippen molar-refractivity contribution in [2.75, 3.05) is 0 Å². The van der Waals surface area contributed by atoms with Gasteiger partial charge in [-0.1, -0.05) is 0 Å². The molecule has 3 N–H and O–H groups in total. The zero-order valence-corrected chi connectivity index (χ0v) is 9.75. The van der Waals surface area contributed by atoms with Gasteiger partial charge in [0.2, 0.25) is 6.16 Å². The van der Waals surface area contributed by atoms with Gasteiger partial charge in [0, 0.05) is 12.2 Å². The molecule has 0 aliphatic heterocycles. The summed E-state index contributed by atoms with van der Waals surface area (Å²) < 4.78 is 0. The van der Waals surface area contributed by atoms with Crippen LogP contribution in [0.2, 0.25) is 0 Å². The van der Waals surface area contributed by atoms with E-state index in [4.69, 9.17) is 25.2 Å². The van der Waals surface area contributed by atoms with Gasteiger partial charge in [0.15, 0.2) is 0 Å². The van der Waals surface area contributed by atoms with Crippen LogP contribution in [0, 0.1) is 0 Å². The van der Waals surface area contributed by atoms with E-state index < -0.39 is 18.1 Å². The Bertz CT molecular complexity index is 189. The van der Waals surface area contributed by atoms with Crippen LogP contribution in [0.25, 0.3) is 0 Å². The van der Waals surface area contributed by atoms with Crippen LogP contribution < -0.4 is 56.5 Å². The van der Waals surface area contributed by atoms with Crippen LogP contribution in [-0.4, -0.2) is 33.4 Å². The molecule has 0 rings (SSSR count). The Morgan fingerprint density at radius 2 is 1.08 bits per heavy atom. The van der Waals surface area contributed by atoms with Crippen molar-refractivity contribution in [3.63, 3.8) is 0 Å². The number of hydrogen-bond donors (Lipinski definition) is 3. The Balaban J connectivity index is -0.000000173. The first-order valence-corrected chi connectivity index (χ1v) is 2.40. The van der Waals surface area contributed by atoms with Gasteiger partial charge < -0.3 is 25.2 Å². The maximum Gasteiger partial charge on any atom is 1.00 e. The van der Waals surface area contributed by atoms with Crippen LogP contribution >= 0.6 is 0 Å². The van der Waals surface area contributed by atoms with E-state index >= 15 is 0 Å². The third kappa shape index (κ3) is 50.6. The monoisotopic (exact) mass is 216 g/mol. The van der Waals surface area contributed by atoms with Gasteiger partial charge in [-0.25, -0.2) is 9.59 Å². The molecule has 0 atom stereocenters.